The number of hydrogen-bond donors (Lipinski definition) is 1. The van der Waals surface area contributed by atoms with E-state index in [-0.39, 0.29) is 23.4 Å². The van der Waals surface area contributed by atoms with Crippen LogP contribution in [0.25, 0.3) is 0 Å². The fourth-order valence-electron chi connectivity index (χ4n) is 4.55. The Morgan fingerprint density at radius 2 is 1.56 bits per heavy atom. The third-order valence-corrected chi connectivity index (χ3v) is 8.36. The van der Waals surface area contributed by atoms with Crippen molar-refractivity contribution in [2.75, 3.05) is 17.5 Å². The van der Waals surface area contributed by atoms with Gasteiger partial charge < -0.3 is 15.0 Å². The highest BCUT2D eigenvalue weighted by molar-refractivity contribution is 7.92. The van der Waals surface area contributed by atoms with Gasteiger partial charge in [0, 0.05) is 12.6 Å². The van der Waals surface area contributed by atoms with Crippen molar-refractivity contribution in [2.45, 2.75) is 71.5 Å². The number of benzene rings is 3. The molecule has 0 heterocycles. The van der Waals surface area contributed by atoms with Crippen molar-refractivity contribution in [3.05, 3.63) is 89.5 Å². The number of aryl methyl sites for hydroxylation is 2. The van der Waals surface area contributed by atoms with Gasteiger partial charge in [-0.1, -0.05) is 54.4 Å². The Balaban J connectivity index is 2.07. The number of ether oxygens (including phenoxy) is 1. The normalized spacial score (nSPS) is 12.1. The van der Waals surface area contributed by atoms with Crippen LogP contribution in [-0.2, 0) is 26.2 Å². The van der Waals surface area contributed by atoms with Crippen molar-refractivity contribution in [1.29, 1.82) is 0 Å². The van der Waals surface area contributed by atoms with E-state index in [1.54, 1.807) is 36.4 Å². The van der Waals surface area contributed by atoms with Crippen molar-refractivity contribution in [1.82, 2.24) is 10.2 Å². The topological polar surface area (TPSA) is 96.0 Å². The van der Waals surface area contributed by atoms with Crippen LogP contribution in [0, 0.1) is 13.8 Å². The van der Waals surface area contributed by atoms with Crippen LogP contribution in [-0.4, -0.2) is 50.4 Å². The fraction of sp³-hybridized carbons (Fsp3) is 0.375. The summed E-state index contributed by atoms with van der Waals surface area (Å²) in [7, 11) is -4.13. The molecule has 0 bridgehead atoms. The first-order valence-electron chi connectivity index (χ1n) is 13.9. The smallest absolute Gasteiger partial charge is 0.264 e. The Labute approximate surface area is 244 Å². The number of anilines is 1. The van der Waals surface area contributed by atoms with E-state index in [4.69, 9.17) is 4.74 Å². The van der Waals surface area contributed by atoms with E-state index in [0.29, 0.717) is 24.5 Å². The van der Waals surface area contributed by atoms with Crippen LogP contribution in [0.3, 0.4) is 0 Å². The van der Waals surface area contributed by atoms with Gasteiger partial charge in [-0.2, -0.15) is 0 Å². The van der Waals surface area contributed by atoms with Gasteiger partial charge in [-0.15, -0.1) is 0 Å². The number of carbonyl (C=O) groups excluding carboxylic acids is 2. The van der Waals surface area contributed by atoms with Crippen molar-refractivity contribution in [3.8, 4) is 5.75 Å². The van der Waals surface area contributed by atoms with E-state index in [0.717, 1.165) is 21.0 Å². The molecule has 0 saturated heterocycles. The van der Waals surface area contributed by atoms with Crippen LogP contribution in [0.2, 0.25) is 0 Å². The molecule has 0 aliphatic rings. The minimum Gasteiger partial charge on any atom is -0.494 e. The number of amides is 2. The third-order valence-electron chi connectivity index (χ3n) is 6.58. The predicted molar refractivity (Wildman–Crippen MR) is 162 cm³/mol. The van der Waals surface area contributed by atoms with Crippen LogP contribution in [0.4, 0.5) is 5.69 Å². The summed E-state index contributed by atoms with van der Waals surface area (Å²) in [5.74, 6) is -0.174. The summed E-state index contributed by atoms with van der Waals surface area (Å²) < 4.78 is 34.6. The molecule has 41 heavy (non-hydrogen) atoms. The van der Waals surface area contributed by atoms with E-state index >= 15 is 0 Å². The first-order valence-corrected chi connectivity index (χ1v) is 15.4. The molecule has 0 aliphatic carbocycles. The van der Waals surface area contributed by atoms with Gasteiger partial charge in [0.25, 0.3) is 10.0 Å². The van der Waals surface area contributed by atoms with Gasteiger partial charge in [0.05, 0.1) is 17.2 Å². The summed E-state index contributed by atoms with van der Waals surface area (Å²) in [6, 6.07) is 19.9. The second-order valence-electron chi connectivity index (χ2n) is 10.3. The lowest BCUT2D eigenvalue weighted by molar-refractivity contribution is -0.140. The molecule has 3 aromatic rings. The highest BCUT2D eigenvalue weighted by Gasteiger charge is 2.33. The highest BCUT2D eigenvalue weighted by Crippen LogP contribution is 2.27. The van der Waals surface area contributed by atoms with Gasteiger partial charge >= 0.3 is 0 Å². The minimum atomic E-state index is -4.13. The molecule has 0 spiro atoms. The Hall–Kier alpha value is -3.85. The maximum atomic E-state index is 14.1. The minimum absolute atomic E-state index is 0.0691. The highest BCUT2D eigenvalue weighted by atomic mass is 32.2. The van der Waals surface area contributed by atoms with Crippen LogP contribution in [0.1, 0.15) is 50.8 Å². The fourth-order valence-corrected chi connectivity index (χ4v) is 5.96. The molecular weight excluding hydrogens is 538 g/mol. The number of rotatable bonds is 13. The average Bonchev–Trinajstić information content (AvgIpc) is 2.92. The second-order valence-corrected chi connectivity index (χ2v) is 12.2. The van der Waals surface area contributed by atoms with Gasteiger partial charge in [0.2, 0.25) is 11.8 Å². The second kappa shape index (κ2) is 14.2. The molecule has 3 aromatic carbocycles. The quantitative estimate of drug-likeness (QED) is 0.299. The summed E-state index contributed by atoms with van der Waals surface area (Å²) in [5.41, 5.74) is 3.10. The third kappa shape index (κ3) is 8.33. The SMILES string of the molecule is CCOc1ccc(N(CC(=O)N(Cc2cccc(C)c2)[C@@H](CC)C(=O)NC(C)C)S(=O)(=O)c2ccc(C)cc2)cc1. The van der Waals surface area contributed by atoms with Crippen LogP contribution in [0.5, 0.6) is 5.75 Å². The summed E-state index contributed by atoms with van der Waals surface area (Å²) in [6.07, 6.45) is 0.365. The van der Waals surface area contributed by atoms with Crippen LogP contribution >= 0.6 is 0 Å². The molecule has 0 aliphatic heterocycles. The molecule has 9 heteroatoms. The van der Waals surface area contributed by atoms with Crippen molar-refractivity contribution < 1.29 is 22.7 Å². The molecule has 0 fully saturated rings. The van der Waals surface area contributed by atoms with E-state index in [1.807, 2.05) is 65.8 Å². The molecule has 3 rings (SSSR count). The van der Waals surface area contributed by atoms with Crippen LogP contribution in [0.15, 0.2) is 77.7 Å². The number of nitrogens with zero attached hydrogens (tertiary/aromatic N) is 2. The molecule has 8 nitrogen and oxygen atoms in total. The Kier molecular flexibility index (Phi) is 10.9. The maximum Gasteiger partial charge on any atom is 0.264 e. The Bertz CT molecular complexity index is 1420. The molecular formula is C32H41N3O5S. The predicted octanol–water partition coefficient (Wildman–Crippen LogP) is 5.23. The van der Waals surface area contributed by atoms with Gasteiger partial charge in [0.15, 0.2) is 0 Å². The Morgan fingerprint density at radius 3 is 2.12 bits per heavy atom. The molecule has 1 atom stereocenters. The number of sulfonamides is 1. The summed E-state index contributed by atoms with van der Waals surface area (Å²) >= 11 is 0. The molecule has 0 radical (unpaired) electrons. The summed E-state index contributed by atoms with van der Waals surface area (Å²) in [4.78, 5) is 28.9. The number of nitrogens with one attached hydrogen (secondary N) is 1. The lowest BCUT2D eigenvalue weighted by Crippen LogP contribution is -2.53. The zero-order valence-electron chi connectivity index (χ0n) is 24.8. The molecule has 1 N–H and O–H groups in total. The van der Waals surface area contributed by atoms with Gasteiger partial charge in [-0.25, -0.2) is 8.42 Å². The van der Waals surface area contributed by atoms with E-state index < -0.39 is 28.5 Å². The first kappa shape index (κ1) is 31.7. The van der Waals surface area contributed by atoms with Crippen molar-refractivity contribution >= 4 is 27.5 Å². The zero-order valence-corrected chi connectivity index (χ0v) is 25.6. The standard InChI is InChI=1S/C32H41N3O5S/c1-7-30(32(37)33-23(3)4)34(21-26-11-9-10-25(6)20-26)31(36)22-35(27-14-16-28(17-15-27)40-8-2)41(38,39)29-18-12-24(5)13-19-29/h9-20,23,30H,7-8,21-22H2,1-6H3,(H,33,37)/t30-/m0/s1. The maximum absolute atomic E-state index is 14.1. The molecule has 220 valence electrons. The first-order chi connectivity index (χ1) is 19.5. The van der Waals surface area contributed by atoms with E-state index in [2.05, 4.69) is 5.32 Å². The zero-order chi connectivity index (χ0) is 30.2. The monoisotopic (exact) mass is 579 g/mol. The summed E-state index contributed by atoms with van der Waals surface area (Å²) in [6.45, 7) is 11.4. The van der Waals surface area contributed by atoms with Crippen molar-refractivity contribution in [3.63, 3.8) is 0 Å². The van der Waals surface area contributed by atoms with Crippen molar-refractivity contribution in [2.24, 2.45) is 0 Å². The molecule has 0 aromatic heterocycles. The molecule has 0 saturated carbocycles. The molecule has 0 unspecified atom stereocenters. The molecule has 2 amide bonds. The van der Waals surface area contributed by atoms with E-state index in [1.165, 1.54) is 17.0 Å². The number of carbonyl (C=O) groups is 2. The average molecular weight is 580 g/mol. The largest absolute Gasteiger partial charge is 0.494 e. The Morgan fingerprint density at radius 1 is 0.902 bits per heavy atom. The van der Waals surface area contributed by atoms with Crippen LogP contribution < -0.4 is 14.4 Å². The lowest BCUT2D eigenvalue weighted by atomic mass is 10.1. The van der Waals surface area contributed by atoms with Gasteiger partial charge in [-0.3, -0.25) is 13.9 Å². The van der Waals surface area contributed by atoms with Gasteiger partial charge in [0.1, 0.15) is 18.3 Å². The van der Waals surface area contributed by atoms with Gasteiger partial charge in [-0.05, 0) is 83.0 Å². The lowest BCUT2D eigenvalue weighted by Gasteiger charge is -2.33. The number of hydrogen-bond acceptors (Lipinski definition) is 5. The summed E-state index contributed by atoms with van der Waals surface area (Å²) in [5, 5.41) is 2.91. The van der Waals surface area contributed by atoms with E-state index in [9.17, 15) is 18.0 Å².